The first-order chi connectivity index (χ1) is 16.7. The number of hydrogen-bond donors (Lipinski definition) is 0. The molecule has 4 rings (SSSR count). The highest BCUT2D eigenvalue weighted by molar-refractivity contribution is 6.31. The number of allylic oxidation sites excluding steroid dienone is 2. The van der Waals surface area contributed by atoms with Crippen molar-refractivity contribution in [2.24, 2.45) is 0 Å². The number of ether oxygens (including phenoxy) is 1. The first-order valence-electron chi connectivity index (χ1n) is 11.0. The van der Waals surface area contributed by atoms with Gasteiger partial charge in [-0.1, -0.05) is 24.6 Å². The summed E-state index contributed by atoms with van der Waals surface area (Å²) in [5.41, 5.74) is 2.05. The topological polar surface area (TPSA) is 52.1 Å². The molecule has 1 aliphatic carbocycles. The zero-order valence-corrected chi connectivity index (χ0v) is 19.5. The number of halogens is 5. The van der Waals surface area contributed by atoms with E-state index in [2.05, 4.69) is 9.97 Å². The quantitative estimate of drug-likeness (QED) is 0.246. The van der Waals surface area contributed by atoms with Crippen molar-refractivity contribution in [2.45, 2.75) is 45.4 Å². The molecule has 0 saturated heterocycles. The molecule has 0 unspecified atom stereocenters. The molecule has 9 heteroatoms. The molecule has 1 heterocycles. The average molecular weight is 505 g/mol. The lowest BCUT2D eigenvalue weighted by molar-refractivity contribution is -0.137. The van der Waals surface area contributed by atoms with E-state index in [9.17, 15) is 22.4 Å². The predicted molar refractivity (Wildman–Crippen MR) is 125 cm³/mol. The fourth-order valence-electron chi connectivity index (χ4n) is 4.01. The molecule has 182 valence electrons. The second-order valence-electron chi connectivity index (χ2n) is 8.11. The third-order valence-electron chi connectivity index (χ3n) is 5.80. The van der Waals surface area contributed by atoms with Crippen molar-refractivity contribution in [2.75, 3.05) is 0 Å². The number of aromatic nitrogens is 2. The number of hydrogen-bond acceptors (Lipinski definition) is 4. The highest BCUT2D eigenvalue weighted by atomic mass is 35.5. The van der Waals surface area contributed by atoms with E-state index < -0.39 is 17.6 Å². The second kappa shape index (κ2) is 10.2. The number of nitrogens with zero attached hydrogens (tertiary/aromatic N) is 2. The second-order valence-corrected chi connectivity index (χ2v) is 8.52. The van der Waals surface area contributed by atoms with Crippen molar-refractivity contribution in [3.05, 3.63) is 87.7 Å². The van der Waals surface area contributed by atoms with Gasteiger partial charge in [-0.25, -0.2) is 9.37 Å². The van der Waals surface area contributed by atoms with Crippen molar-refractivity contribution in [1.82, 2.24) is 9.97 Å². The van der Waals surface area contributed by atoms with Crippen LogP contribution in [0.5, 0.6) is 5.75 Å². The van der Waals surface area contributed by atoms with E-state index in [1.54, 1.807) is 6.92 Å². The van der Waals surface area contributed by atoms with Crippen LogP contribution in [-0.4, -0.2) is 15.8 Å². The Kier molecular flexibility index (Phi) is 7.21. The Labute approximate surface area is 204 Å². The van der Waals surface area contributed by atoms with E-state index in [-0.39, 0.29) is 35.3 Å². The van der Waals surface area contributed by atoms with E-state index in [1.165, 1.54) is 30.6 Å². The van der Waals surface area contributed by atoms with Crippen LogP contribution in [-0.2, 0) is 12.8 Å². The number of ketones is 1. The summed E-state index contributed by atoms with van der Waals surface area (Å²) in [6, 6.07) is 7.15. The molecule has 3 aromatic rings. The number of Topliss-reactive ketones (excluding diaryl/α,β-unsaturated/α-hetero) is 1. The molecular weight excluding hydrogens is 484 g/mol. The lowest BCUT2D eigenvalue weighted by Gasteiger charge is -2.17. The Balaban J connectivity index is 1.78. The van der Waals surface area contributed by atoms with Gasteiger partial charge in [0.15, 0.2) is 5.78 Å². The molecule has 4 nitrogen and oxygen atoms in total. The molecule has 0 saturated carbocycles. The molecule has 1 aliphatic rings. The van der Waals surface area contributed by atoms with Crippen LogP contribution in [0.25, 0.3) is 11.1 Å². The fraction of sp³-hybridized carbons (Fsp3) is 0.269. The summed E-state index contributed by atoms with van der Waals surface area (Å²) < 4.78 is 59.9. The molecule has 0 radical (unpaired) electrons. The molecule has 1 aromatic heterocycles. The van der Waals surface area contributed by atoms with Gasteiger partial charge in [-0.2, -0.15) is 13.2 Å². The van der Waals surface area contributed by atoms with Crippen LogP contribution in [0.15, 0.2) is 48.8 Å². The highest BCUT2D eigenvalue weighted by Gasteiger charge is 2.32. The lowest BCUT2D eigenvalue weighted by Crippen LogP contribution is -2.07. The van der Waals surface area contributed by atoms with Gasteiger partial charge in [0.2, 0.25) is 0 Å². The third kappa shape index (κ3) is 5.53. The molecule has 0 fully saturated rings. The molecule has 0 amide bonds. The highest BCUT2D eigenvalue weighted by Crippen LogP contribution is 2.44. The van der Waals surface area contributed by atoms with Gasteiger partial charge < -0.3 is 4.74 Å². The summed E-state index contributed by atoms with van der Waals surface area (Å²) in [4.78, 5) is 20.7. The Bertz CT molecular complexity index is 1300. The van der Waals surface area contributed by atoms with Crippen LogP contribution >= 0.6 is 11.6 Å². The molecule has 0 N–H and O–H groups in total. The normalized spacial score (nSPS) is 13.9. The largest absolute Gasteiger partial charge is 0.488 e. The van der Waals surface area contributed by atoms with Crippen molar-refractivity contribution >= 4 is 28.5 Å². The van der Waals surface area contributed by atoms with Gasteiger partial charge in [0, 0.05) is 17.5 Å². The summed E-state index contributed by atoms with van der Waals surface area (Å²) in [6.45, 7) is 1.66. The molecule has 0 aliphatic heterocycles. The molecular formula is C26H21ClF4N2O2. The van der Waals surface area contributed by atoms with Crippen LogP contribution in [0.4, 0.5) is 17.6 Å². The minimum absolute atomic E-state index is 0.0552. The van der Waals surface area contributed by atoms with E-state index in [0.717, 1.165) is 23.8 Å². The maximum Gasteiger partial charge on any atom is 0.416 e. The van der Waals surface area contributed by atoms with E-state index >= 15 is 0 Å². The van der Waals surface area contributed by atoms with E-state index in [4.69, 9.17) is 16.3 Å². The smallest absolute Gasteiger partial charge is 0.416 e. The number of rotatable bonds is 7. The molecule has 0 bridgehead atoms. The van der Waals surface area contributed by atoms with E-state index in [1.807, 2.05) is 0 Å². The zero-order chi connectivity index (χ0) is 25.2. The Morgan fingerprint density at radius 3 is 2.57 bits per heavy atom. The van der Waals surface area contributed by atoms with Gasteiger partial charge in [-0.15, -0.1) is 0 Å². The van der Waals surface area contributed by atoms with Crippen LogP contribution in [0.1, 0.15) is 65.5 Å². The van der Waals surface area contributed by atoms with Gasteiger partial charge in [0.25, 0.3) is 0 Å². The number of carbonyl (C=O) groups excluding carboxylic acids is 1. The summed E-state index contributed by atoms with van der Waals surface area (Å²) >= 11 is 6.08. The molecule has 0 spiro atoms. The predicted octanol–water partition coefficient (Wildman–Crippen LogP) is 7.55. The lowest BCUT2D eigenvalue weighted by atomic mass is 9.97. The van der Waals surface area contributed by atoms with Crippen LogP contribution in [0, 0.1) is 5.82 Å². The summed E-state index contributed by atoms with van der Waals surface area (Å²) in [5.74, 6) is -0.431. The standard InChI is InChI=1S/C26H21ClF4N2O2/c1-2-24(34)23-13-32-12-22(33-23)19-5-3-4-18(19)20-10-16(26(29,30)31)7-9-25(20)35-14-15-6-8-17(28)11-21(15)27/h6-13H,2-5,14H2,1H3. The SMILES string of the molecule is CCC(=O)c1cncc(C2=C(c3cc(C(F)(F)F)ccc3OCc3ccc(F)cc3Cl)CCC2)n1. The fourth-order valence-corrected chi connectivity index (χ4v) is 4.23. The number of carbonyl (C=O) groups is 1. The Morgan fingerprint density at radius 2 is 1.86 bits per heavy atom. The van der Waals surface area contributed by atoms with Crippen molar-refractivity contribution in [1.29, 1.82) is 0 Å². The average Bonchev–Trinajstić information content (AvgIpc) is 3.32. The minimum Gasteiger partial charge on any atom is -0.488 e. The number of benzene rings is 2. The molecule has 0 atom stereocenters. The van der Waals surface area contributed by atoms with Gasteiger partial charge in [0.05, 0.1) is 28.7 Å². The zero-order valence-electron chi connectivity index (χ0n) is 18.8. The summed E-state index contributed by atoms with van der Waals surface area (Å²) in [5, 5.41) is 0.159. The van der Waals surface area contributed by atoms with Gasteiger partial charge in [0.1, 0.15) is 23.9 Å². The molecule has 2 aromatic carbocycles. The number of alkyl halides is 3. The summed E-state index contributed by atoms with van der Waals surface area (Å²) in [7, 11) is 0. The first kappa shape index (κ1) is 24.9. The van der Waals surface area contributed by atoms with Crippen LogP contribution < -0.4 is 4.74 Å². The van der Waals surface area contributed by atoms with Crippen molar-refractivity contribution in [3.63, 3.8) is 0 Å². The van der Waals surface area contributed by atoms with Crippen LogP contribution in [0.3, 0.4) is 0 Å². The summed E-state index contributed by atoms with van der Waals surface area (Å²) in [6.07, 6.45) is 0.417. The van der Waals surface area contributed by atoms with Gasteiger partial charge in [-0.3, -0.25) is 9.78 Å². The third-order valence-corrected chi connectivity index (χ3v) is 6.15. The van der Waals surface area contributed by atoms with Crippen molar-refractivity contribution < 1.29 is 27.1 Å². The van der Waals surface area contributed by atoms with E-state index in [0.29, 0.717) is 41.7 Å². The van der Waals surface area contributed by atoms with Gasteiger partial charge in [-0.05, 0) is 60.7 Å². The minimum atomic E-state index is -4.54. The Morgan fingerprint density at radius 1 is 1.09 bits per heavy atom. The maximum atomic E-state index is 13.6. The Hall–Kier alpha value is -3.26. The monoisotopic (exact) mass is 504 g/mol. The first-order valence-corrected chi connectivity index (χ1v) is 11.4. The van der Waals surface area contributed by atoms with Crippen molar-refractivity contribution in [3.8, 4) is 5.75 Å². The van der Waals surface area contributed by atoms with Gasteiger partial charge >= 0.3 is 6.18 Å². The molecule has 35 heavy (non-hydrogen) atoms. The maximum absolute atomic E-state index is 13.6. The van der Waals surface area contributed by atoms with Crippen LogP contribution in [0.2, 0.25) is 5.02 Å².